The third kappa shape index (κ3) is 4.53. The minimum atomic E-state index is 1.16. The predicted octanol–water partition coefficient (Wildman–Crippen LogP) is 16.5. The van der Waals surface area contributed by atoms with Crippen molar-refractivity contribution in [1.82, 2.24) is 9.13 Å². The number of para-hydroxylation sites is 2. The van der Waals surface area contributed by atoms with Gasteiger partial charge in [0.05, 0.1) is 22.1 Å². The zero-order chi connectivity index (χ0) is 40.5. The third-order valence-electron chi connectivity index (χ3n) is 13.7. The lowest BCUT2D eigenvalue weighted by Crippen LogP contribution is -1.95. The average Bonchev–Trinajstić information content (AvgIpc) is 3.87. The summed E-state index contributed by atoms with van der Waals surface area (Å²) in [4.78, 5) is 0. The lowest BCUT2D eigenvalue weighted by atomic mass is 9.94. The second kappa shape index (κ2) is 12.7. The van der Waals surface area contributed by atoms with Crippen LogP contribution in [-0.2, 0) is 0 Å². The lowest BCUT2D eigenvalue weighted by Gasteiger charge is -2.14. The minimum absolute atomic E-state index is 1.16. The molecule has 2 aromatic heterocycles. The Morgan fingerprint density at radius 1 is 0.194 bits per heavy atom. The van der Waals surface area contributed by atoms with Gasteiger partial charge in [-0.3, -0.25) is 0 Å². The molecule has 0 aliphatic carbocycles. The standard InChI is InChI=1S/C60H36N2/c1-3-19-43-39(15-1)41-17-5-7-21-45(41)53-35-37(31-33-47(43)53)61-55-27-11-9-23-51(55)59-49(25-13-29-57(59)61)50-26-14-30-58-60(50)52-24-10-12-28-56(52)62(58)38-32-34-48-44-20-4-2-16-40(44)42-18-6-8-22-46(42)54(48)36-38/h1-36H. The number of hydrogen-bond acceptors (Lipinski definition) is 0. The fourth-order valence-electron chi connectivity index (χ4n) is 11.1. The summed E-state index contributed by atoms with van der Waals surface area (Å²) < 4.78 is 4.95. The van der Waals surface area contributed by atoms with Crippen molar-refractivity contribution in [2.45, 2.75) is 0 Å². The number of nitrogens with zero attached hydrogens (tertiary/aromatic N) is 2. The van der Waals surface area contributed by atoms with Gasteiger partial charge in [-0.2, -0.15) is 0 Å². The van der Waals surface area contributed by atoms with Crippen molar-refractivity contribution in [3.8, 4) is 22.5 Å². The summed E-state index contributed by atoms with van der Waals surface area (Å²) in [7, 11) is 0. The van der Waals surface area contributed by atoms with Gasteiger partial charge in [-0.15, -0.1) is 0 Å². The van der Waals surface area contributed by atoms with Crippen LogP contribution in [0, 0.1) is 0 Å². The quantitative estimate of drug-likeness (QED) is 0.158. The largest absolute Gasteiger partial charge is 0.309 e. The number of fused-ring (bicyclic) bond motifs is 18. The van der Waals surface area contributed by atoms with Gasteiger partial charge in [0.1, 0.15) is 0 Å². The molecule has 0 saturated heterocycles. The van der Waals surface area contributed by atoms with Crippen molar-refractivity contribution in [2.24, 2.45) is 0 Å². The topological polar surface area (TPSA) is 9.86 Å². The molecule has 0 aliphatic heterocycles. The van der Waals surface area contributed by atoms with E-state index in [2.05, 4.69) is 228 Å². The fraction of sp³-hybridized carbons (Fsp3) is 0. The summed E-state index contributed by atoms with van der Waals surface area (Å²) in [5.74, 6) is 0. The molecule has 12 aromatic carbocycles. The van der Waals surface area contributed by atoms with Gasteiger partial charge in [0.15, 0.2) is 0 Å². The van der Waals surface area contributed by atoms with Crippen LogP contribution in [0.5, 0.6) is 0 Å². The molecule has 2 heterocycles. The molecule has 0 unspecified atom stereocenters. The number of benzene rings is 12. The average molecular weight is 785 g/mol. The third-order valence-corrected chi connectivity index (χ3v) is 13.7. The first-order valence-electron chi connectivity index (χ1n) is 21.5. The first-order valence-corrected chi connectivity index (χ1v) is 21.5. The highest BCUT2D eigenvalue weighted by Gasteiger charge is 2.22. The van der Waals surface area contributed by atoms with E-state index < -0.39 is 0 Å². The van der Waals surface area contributed by atoms with Gasteiger partial charge < -0.3 is 9.13 Å². The molecule has 0 aliphatic rings. The number of aromatic nitrogens is 2. The second-order valence-electron chi connectivity index (χ2n) is 16.7. The summed E-state index contributed by atoms with van der Waals surface area (Å²) in [5, 5.41) is 20.4. The van der Waals surface area contributed by atoms with E-state index in [0.29, 0.717) is 0 Å². The molecule has 0 spiro atoms. The Morgan fingerprint density at radius 2 is 0.468 bits per heavy atom. The van der Waals surface area contributed by atoms with E-state index >= 15 is 0 Å². The van der Waals surface area contributed by atoms with Crippen LogP contribution in [0.3, 0.4) is 0 Å². The van der Waals surface area contributed by atoms with Crippen molar-refractivity contribution in [1.29, 1.82) is 0 Å². The van der Waals surface area contributed by atoms with E-state index in [9.17, 15) is 0 Å². The Labute approximate surface area is 356 Å². The van der Waals surface area contributed by atoms with Crippen LogP contribution in [0.4, 0.5) is 0 Å². The Kier molecular flexibility index (Phi) is 6.86. The van der Waals surface area contributed by atoms with Crippen LogP contribution in [0.2, 0.25) is 0 Å². The van der Waals surface area contributed by atoms with E-state index in [1.165, 1.54) is 119 Å². The van der Waals surface area contributed by atoms with E-state index in [0.717, 1.165) is 11.4 Å². The summed E-state index contributed by atoms with van der Waals surface area (Å²) in [6, 6.07) is 81.1. The molecule has 0 atom stereocenters. The minimum Gasteiger partial charge on any atom is -0.309 e. The zero-order valence-corrected chi connectivity index (χ0v) is 33.7. The summed E-state index contributed by atoms with van der Waals surface area (Å²) in [6.45, 7) is 0. The van der Waals surface area contributed by atoms with Crippen LogP contribution in [0.15, 0.2) is 218 Å². The van der Waals surface area contributed by atoms with Crippen LogP contribution < -0.4 is 0 Å². The molecule has 62 heavy (non-hydrogen) atoms. The van der Waals surface area contributed by atoms with Crippen molar-refractivity contribution in [2.75, 3.05) is 0 Å². The fourth-order valence-corrected chi connectivity index (χ4v) is 11.1. The maximum Gasteiger partial charge on any atom is 0.0547 e. The Bertz CT molecular complexity index is 3870. The van der Waals surface area contributed by atoms with E-state index in [1.54, 1.807) is 0 Å². The lowest BCUT2D eigenvalue weighted by molar-refractivity contribution is 1.19. The summed E-state index contributed by atoms with van der Waals surface area (Å²) in [5.41, 5.74) is 9.58. The van der Waals surface area contributed by atoms with Crippen molar-refractivity contribution < 1.29 is 0 Å². The molecule has 2 heteroatoms. The summed E-state index contributed by atoms with van der Waals surface area (Å²) in [6.07, 6.45) is 0. The molecule has 2 nitrogen and oxygen atoms in total. The highest BCUT2D eigenvalue weighted by Crippen LogP contribution is 2.45. The van der Waals surface area contributed by atoms with E-state index in [1.807, 2.05) is 0 Å². The molecule has 0 bridgehead atoms. The molecular weight excluding hydrogens is 749 g/mol. The molecule has 0 N–H and O–H groups in total. The molecule has 14 aromatic rings. The first kappa shape index (κ1) is 33.6. The Morgan fingerprint density at radius 3 is 0.823 bits per heavy atom. The van der Waals surface area contributed by atoms with Gasteiger partial charge in [0, 0.05) is 32.9 Å². The van der Waals surface area contributed by atoms with Gasteiger partial charge >= 0.3 is 0 Å². The van der Waals surface area contributed by atoms with Gasteiger partial charge in [-0.25, -0.2) is 0 Å². The van der Waals surface area contributed by atoms with Crippen molar-refractivity contribution >= 4 is 108 Å². The molecule has 0 radical (unpaired) electrons. The number of hydrogen-bond donors (Lipinski definition) is 0. The molecule has 0 amide bonds. The molecule has 14 rings (SSSR count). The smallest absolute Gasteiger partial charge is 0.0547 e. The molecule has 0 fully saturated rings. The molecular formula is C60H36N2. The molecule has 286 valence electrons. The van der Waals surface area contributed by atoms with Crippen molar-refractivity contribution in [3.63, 3.8) is 0 Å². The normalized spacial score (nSPS) is 12.2. The van der Waals surface area contributed by atoms with Crippen LogP contribution >= 0.6 is 0 Å². The highest BCUT2D eigenvalue weighted by atomic mass is 15.0. The van der Waals surface area contributed by atoms with Gasteiger partial charge in [0.25, 0.3) is 0 Å². The van der Waals surface area contributed by atoms with Gasteiger partial charge in [-0.05, 0) is 124 Å². The maximum atomic E-state index is 2.48. The number of rotatable bonds is 3. The van der Waals surface area contributed by atoms with Crippen molar-refractivity contribution in [3.05, 3.63) is 218 Å². The maximum absolute atomic E-state index is 2.48. The second-order valence-corrected chi connectivity index (χ2v) is 16.7. The van der Waals surface area contributed by atoms with Crippen LogP contribution in [0.25, 0.3) is 131 Å². The molecule has 0 saturated carbocycles. The van der Waals surface area contributed by atoms with E-state index in [4.69, 9.17) is 0 Å². The van der Waals surface area contributed by atoms with Gasteiger partial charge in [-0.1, -0.05) is 170 Å². The van der Waals surface area contributed by atoms with Crippen LogP contribution in [-0.4, -0.2) is 9.13 Å². The predicted molar refractivity (Wildman–Crippen MR) is 266 cm³/mol. The Balaban J connectivity index is 1.03. The van der Waals surface area contributed by atoms with Gasteiger partial charge in [0.2, 0.25) is 0 Å². The SMILES string of the molecule is c1ccc2c(c1)c1ccccc1c1cc(-n3c4ccccc4c4c(-c5cccc6c5c5ccccc5n6-c5ccc6c7ccccc7c7ccccc7c6c5)cccc43)ccc21. The summed E-state index contributed by atoms with van der Waals surface area (Å²) >= 11 is 0. The highest BCUT2D eigenvalue weighted by molar-refractivity contribution is 6.28. The zero-order valence-electron chi connectivity index (χ0n) is 33.7. The van der Waals surface area contributed by atoms with E-state index in [-0.39, 0.29) is 0 Å². The van der Waals surface area contributed by atoms with Crippen LogP contribution in [0.1, 0.15) is 0 Å². The monoisotopic (exact) mass is 784 g/mol. The Hall–Kier alpha value is -8.20. The first-order chi connectivity index (χ1) is 30.8.